The van der Waals surface area contributed by atoms with Crippen LogP contribution >= 0.6 is 11.6 Å². The molecule has 0 aliphatic carbocycles. The minimum Gasteiger partial charge on any atom is -0.313 e. The lowest BCUT2D eigenvalue weighted by atomic mass is 9.98. The minimum absolute atomic E-state index is 0.0906. The Morgan fingerprint density at radius 3 is 2.19 bits per heavy atom. The molecule has 112 valence electrons. The maximum absolute atomic E-state index is 12.6. The summed E-state index contributed by atoms with van der Waals surface area (Å²) in [5.74, 6) is 0. The van der Waals surface area contributed by atoms with Gasteiger partial charge in [-0.05, 0) is 42.8 Å². The molecule has 0 fully saturated rings. The van der Waals surface area contributed by atoms with E-state index in [-0.39, 0.29) is 6.04 Å². The lowest BCUT2D eigenvalue weighted by molar-refractivity contribution is -0.137. The van der Waals surface area contributed by atoms with Gasteiger partial charge in [0, 0.05) is 11.1 Å². The average molecular weight is 314 g/mol. The summed E-state index contributed by atoms with van der Waals surface area (Å²) in [6.45, 7) is 0. The largest absolute Gasteiger partial charge is 0.416 e. The third kappa shape index (κ3) is 3.99. The Hall–Kier alpha value is -1.52. The van der Waals surface area contributed by atoms with Crippen molar-refractivity contribution in [1.82, 2.24) is 5.32 Å². The maximum Gasteiger partial charge on any atom is 0.416 e. The summed E-state index contributed by atoms with van der Waals surface area (Å²) in [5, 5.41) is 3.77. The fraction of sp³-hybridized carbons (Fsp3) is 0.250. The topological polar surface area (TPSA) is 12.0 Å². The van der Waals surface area contributed by atoms with Crippen molar-refractivity contribution in [3.8, 4) is 0 Å². The average Bonchev–Trinajstić information content (AvgIpc) is 2.46. The molecule has 0 radical (unpaired) electrons. The molecule has 0 amide bonds. The number of hydrogen-bond acceptors (Lipinski definition) is 1. The first-order valence-corrected chi connectivity index (χ1v) is 6.87. The standard InChI is InChI=1S/C16H15ClF3N/c1-21-15(10-12-4-2-3-5-14(12)17)11-6-8-13(9-7-11)16(18,19)20/h2-9,15,21H,10H2,1H3. The Bertz CT molecular complexity index is 593. The highest BCUT2D eigenvalue weighted by molar-refractivity contribution is 6.31. The number of halogens is 4. The van der Waals surface area contributed by atoms with Crippen LogP contribution in [0.1, 0.15) is 22.7 Å². The third-order valence-electron chi connectivity index (χ3n) is 3.37. The van der Waals surface area contributed by atoms with Gasteiger partial charge in [-0.15, -0.1) is 0 Å². The van der Waals surface area contributed by atoms with Gasteiger partial charge in [-0.1, -0.05) is 41.9 Å². The van der Waals surface area contributed by atoms with Gasteiger partial charge in [-0.3, -0.25) is 0 Å². The third-order valence-corrected chi connectivity index (χ3v) is 3.74. The lowest BCUT2D eigenvalue weighted by Crippen LogP contribution is -2.19. The zero-order chi connectivity index (χ0) is 15.5. The van der Waals surface area contributed by atoms with Gasteiger partial charge in [0.15, 0.2) is 0 Å². The van der Waals surface area contributed by atoms with Crippen LogP contribution in [0.5, 0.6) is 0 Å². The second-order valence-electron chi connectivity index (χ2n) is 4.76. The summed E-state index contributed by atoms with van der Waals surface area (Å²) in [7, 11) is 1.78. The van der Waals surface area contributed by atoms with E-state index in [0.717, 1.165) is 23.3 Å². The van der Waals surface area contributed by atoms with Crippen molar-refractivity contribution in [2.24, 2.45) is 0 Å². The van der Waals surface area contributed by atoms with Gasteiger partial charge in [0.05, 0.1) is 5.56 Å². The van der Waals surface area contributed by atoms with Crippen molar-refractivity contribution >= 4 is 11.6 Å². The quantitative estimate of drug-likeness (QED) is 0.850. The monoisotopic (exact) mass is 313 g/mol. The molecule has 0 saturated heterocycles. The van der Waals surface area contributed by atoms with Gasteiger partial charge in [-0.2, -0.15) is 13.2 Å². The number of alkyl halides is 3. The highest BCUT2D eigenvalue weighted by Crippen LogP contribution is 2.30. The molecule has 5 heteroatoms. The lowest BCUT2D eigenvalue weighted by Gasteiger charge is -2.18. The predicted octanol–water partition coefficient (Wildman–Crippen LogP) is 4.86. The highest BCUT2D eigenvalue weighted by atomic mass is 35.5. The van der Waals surface area contributed by atoms with Gasteiger partial charge < -0.3 is 5.32 Å². The molecule has 21 heavy (non-hydrogen) atoms. The first-order valence-electron chi connectivity index (χ1n) is 6.49. The molecule has 0 aliphatic rings. The van der Waals surface area contributed by atoms with Crippen molar-refractivity contribution in [3.63, 3.8) is 0 Å². The van der Waals surface area contributed by atoms with Crippen LogP contribution in [0.15, 0.2) is 48.5 Å². The van der Waals surface area contributed by atoms with Crippen molar-refractivity contribution in [3.05, 3.63) is 70.2 Å². The second kappa shape index (κ2) is 6.50. The van der Waals surface area contributed by atoms with Crippen LogP contribution in [0.25, 0.3) is 0 Å². The molecule has 1 N–H and O–H groups in total. The predicted molar refractivity (Wildman–Crippen MR) is 78.4 cm³/mol. The molecule has 2 rings (SSSR count). The molecule has 1 nitrogen and oxygen atoms in total. The van der Waals surface area contributed by atoms with E-state index in [1.54, 1.807) is 13.1 Å². The van der Waals surface area contributed by atoms with Crippen molar-refractivity contribution < 1.29 is 13.2 Å². The van der Waals surface area contributed by atoms with Gasteiger partial charge in [-0.25, -0.2) is 0 Å². The van der Waals surface area contributed by atoms with E-state index < -0.39 is 11.7 Å². The normalized spacial score (nSPS) is 13.2. The van der Waals surface area contributed by atoms with E-state index in [1.165, 1.54) is 12.1 Å². The summed E-state index contributed by atoms with van der Waals surface area (Å²) in [5.41, 5.74) is 1.11. The molecule has 0 heterocycles. The van der Waals surface area contributed by atoms with Crippen molar-refractivity contribution in [2.75, 3.05) is 7.05 Å². The molecule has 2 aromatic carbocycles. The molecule has 2 aromatic rings. The van der Waals surface area contributed by atoms with Crippen LogP contribution in [-0.4, -0.2) is 7.05 Å². The Kier molecular flexibility index (Phi) is 4.91. The smallest absolute Gasteiger partial charge is 0.313 e. The number of rotatable bonds is 4. The summed E-state index contributed by atoms with van der Waals surface area (Å²) in [6.07, 6.45) is -3.70. The molecular weight excluding hydrogens is 299 g/mol. The zero-order valence-corrected chi connectivity index (χ0v) is 12.2. The minimum atomic E-state index is -4.31. The van der Waals surface area contributed by atoms with Crippen molar-refractivity contribution in [1.29, 1.82) is 0 Å². The number of nitrogens with one attached hydrogen (secondary N) is 1. The van der Waals surface area contributed by atoms with Crippen LogP contribution in [0.2, 0.25) is 5.02 Å². The van der Waals surface area contributed by atoms with E-state index in [0.29, 0.717) is 11.4 Å². The van der Waals surface area contributed by atoms with Crippen LogP contribution in [0.4, 0.5) is 13.2 Å². The molecule has 1 unspecified atom stereocenters. The van der Waals surface area contributed by atoms with Crippen molar-refractivity contribution in [2.45, 2.75) is 18.6 Å². The fourth-order valence-electron chi connectivity index (χ4n) is 2.17. The van der Waals surface area contributed by atoms with Crippen LogP contribution in [-0.2, 0) is 12.6 Å². The van der Waals surface area contributed by atoms with Gasteiger partial charge in [0.2, 0.25) is 0 Å². The maximum atomic E-state index is 12.6. The highest BCUT2D eigenvalue weighted by Gasteiger charge is 2.30. The molecule has 0 aromatic heterocycles. The fourth-order valence-corrected chi connectivity index (χ4v) is 2.39. The van der Waals surface area contributed by atoms with Crippen LogP contribution < -0.4 is 5.32 Å². The summed E-state index contributed by atoms with van der Waals surface area (Å²) in [6, 6.07) is 12.6. The Morgan fingerprint density at radius 1 is 1.05 bits per heavy atom. The van der Waals surface area contributed by atoms with E-state index >= 15 is 0 Å². The number of hydrogen-bond donors (Lipinski definition) is 1. The first kappa shape index (κ1) is 15.9. The molecule has 0 aliphatic heterocycles. The van der Waals surface area contributed by atoms with Gasteiger partial charge in [0.25, 0.3) is 0 Å². The SMILES string of the molecule is CNC(Cc1ccccc1Cl)c1ccc(C(F)(F)F)cc1. The zero-order valence-electron chi connectivity index (χ0n) is 11.4. The van der Waals surface area contributed by atoms with Gasteiger partial charge in [0.1, 0.15) is 0 Å². The Morgan fingerprint density at radius 2 is 1.67 bits per heavy atom. The molecule has 0 saturated carbocycles. The van der Waals surface area contributed by atoms with E-state index in [2.05, 4.69) is 5.32 Å². The number of likely N-dealkylation sites (N-methyl/N-ethyl adjacent to an activating group) is 1. The Labute approximate surface area is 126 Å². The molecule has 1 atom stereocenters. The second-order valence-corrected chi connectivity index (χ2v) is 5.16. The first-order chi connectivity index (χ1) is 9.91. The molecular formula is C16H15ClF3N. The van der Waals surface area contributed by atoms with E-state index in [1.807, 2.05) is 18.2 Å². The summed E-state index contributed by atoms with van der Waals surface area (Å²) >= 11 is 6.12. The van der Waals surface area contributed by atoms with E-state index in [4.69, 9.17) is 11.6 Å². The van der Waals surface area contributed by atoms with Crippen LogP contribution in [0, 0.1) is 0 Å². The van der Waals surface area contributed by atoms with Crippen LogP contribution in [0.3, 0.4) is 0 Å². The van der Waals surface area contributed by atoms with Gasteiger partial charge >= 0.3 is 6.18 Å². The Balaban J connectivity index is 2.20. The number of benzene rings is 2. The summed E-state index contributed by atoms with van der Waals surface area (Å²) < 4.78 is 37.7. The molecule has 0 spiro atoms. The molecule has 0 bridgehead atoms. The summed E-state index contributed by atoms with van der Waals surface area (Å²) in [4.78, 5) is 0. The van der Waals surface area contributed by atoms with E-state index in [9.17, 15) is 13.2 Å².